The highest BCUT2D eigenvalue weighted by molar-refractivity contribution is 9.10. The molecule has 0 amide bonds. The van der Waals surface area contributed by atoms with Gasteiger partial charge in [-0.15, -0.1) is 0 Å². The summed E-state index contributed by atoms with van der Waals surface area (Å²) in [6.07, 6.45) is 0. The van der Waals surface area contributed by atoms with E-state index < -0.39 is 10.0 Å². The van der Waals surface area contributed by atoms with Gasteiger partial charge in [0.1, 0.15) is 0 Å². The Morgan fingerprint density at radius 2 is 1.48 bits per heavy atom. The molecule has 0 aliphatic rings. The molecular formula is C16H18BrNO2S. The molecule has 0 aliphatic carbocycles. The van der Waals surface area contributed by atoms with Crippen LogP contribution in [0.5, 0.6) is 0 Å². The highest BCUT2D eigenvalue weighted by Gasteiger charge is 2.19. The molecule has 0 heterocycles. The number of aryl methyl sites for hydroxylation is 4. The molecule has 0 fully saturated rings. The molecule has 0 aliphatic heterocycles. The van der Waals surface area contributed by atoms with Gasteiger partial charge in [-0.05, 0) is 56.5 Å². The van der Waals surface area contributed by atoms with Gasteiger partial charge < -0.3 is 0 Å². The summed E-state index contributed by atoms with van der Waals surface area (Å²) in [6, 6.07) is 9.18. The van der Waals surface area contributed by atoms with Crippen molar-refractivity contribution < 1.29 is 8.42 Å². The molecule has 1 N–H and O–H groups in total. The number of benzene rings is 2. The number of sulfonamides is 1. The molecule has 21 heavy (non-hydrogen) atoms. The lowest BCUT2D eigenvalue weighted by Crippen LogP contribution is -2.16. The van der Waals surface area contributed by atoms with E-state index >= 15 is 0 Å². The Morgan fingerprint density at radius 3 is 2.05 bits per heavy atom. The first-order chi connectivity index (χ1) is 9.70. The lowest BCUT2D eigenvalue weighted by atomic mass is 10.1. The molecule has 112 valence electrons. The zero-order valence-electron chi connectivity index (χ0n) is 12.5. The second-order valence-corrected chi connectivity index (χ2v) is 7.86. The van der Waals surface area contributed by atoms with Crippen molar-refractivity contribution >= 4 is 31.6 Å². The topological polar surface area (TPSA) is 46.2 Å². The van der Waals surface area contributed by atoms with E-state index in [0.717, 1.165) is 21.2 Å². The van der Waals surface area contributed by atoms with Crippen molar-refractivity contribution in [2.45, 2.75) is 32.6 Å². The average molecular weight is 368 g/mol. The molecule has 0 aromatic heterocycles. The van der Waals surface area contributed by atoms with Crippen LogP contribution in [0, 0.1) is 27.7 Å². The largest absolute Gasteiger partial charge is 0.279 e. The zero-order chi connectivity index (χ0) is 15.8. The third-order valence-electron chi connectivity index (χ3n) is 3.35. The molecule has 2 aromatic carbocycles. The summed E-state index contributed by atoms with van der Waals surface area (Å²) in [6.45, 7) is 7.60. The predicted octanol–water partition coefficient (Wildman–Crippen LogP) is 4.48. The van der Waals surface area contributed by atoms with Crippen molar-refractivity contribution in [1.82, 2.24) is 0 Å². The van der Waals surface area contributed by atoms with Gasteiger partial charge in [0.25, 0.3) is 10.0 Å². The number of hydrogen-bond acceptors (Lipinski definition) is 2. The minimum Gasteiger partial charge on any atom is -0.279 e. The maximum Gasteiger partial charge on any atom is 0.262 e. The molecule has 0 radical (unpaired) electrons. The van der Waals surface area contributed by atoms with Crippen molar-refractivity contribution in [3.8, 4) is 0 Å². The molecule has 0 atom stereocenters. The lowest BCUT2D eigenvalue weighted by molar-refractivity contribution is 0.600. The minimum atomic E-state index is -3.60. The summed E-state index contributed by atoms with van der Waals surface area (Å²) in [5, 5.41) is 0. The first-order valence-corrected chi connectivity index (χ1v) is 8.85. The molecule has 2 rings (SSSR count). The summed E-state index contributed by atoms with van der Waals surface area (Å²) >= 11 is 3.32. The van der Waals surface area contributed by atoms with Crippen LogP contribution in [-0.4, -0.2) is 8.42 Å². The third kappa shape index (κ3) is 3.47. The fourth-order valence-electron chi connectivity index (χ4n) is 2.39. The summed E-state index contributed by atoms with van der Waals surface area (Å²) in [7, 11) is -3.60. The Hall–Kier alpha value is -1.33. The summed E-state index contributed by atoms with van der Waals surface area (Å²) in [5.74, 6) is 0. The average Bonchev–Trinajstić information content (AvgIpc) is 2.36. The van der Waals surface area contributed by atoms with Crippen LogP contribution in [0.3, 0.4) is 0 Å². The van der Waals surface area contributed by atoms with Crippen LogP contribution >= 0.6 is 15.9 Å². The van der Waals surface area contributed by atoms with Crippen LogP contribution in [0.2, 0.25) is 0 Å². The van der Waals surface area contributed by atoms with E-state index in [1.165, 1.54) is 0 Å². The van der Waals surface area contributed by atoms with Gasteiger partial charge in [-0.2, -0.15) is 0 Å². The number of rotatable bonds is 3. The molecule has 5 heteroatoms. The van der Waals surface area contributed by atoms with E-state index in [-0.39, 0.29) is 4.90 Å². The second-order valence-electron chi connectivity index (χ2n) is 5.29. The van der Waals surface area contributed by atoms with E-state index in [1.807, 2.05) is 39.0 Å². The predicted molar refractivity (Wildman–Crippen MR) is 90.3 cm³/mol. The van der Waals surface area contributed by atoms with Gasteiger partial charge in [-0.25, -0.2) is 8.42 Å². The summed E-state index contributed by atoms with van der Waals surface area (Å²) in [4.78, 5) is 0.288. The molecule has 0 saturated carbocycles. The number of nitrogens with one attached hydrogen (secondary N) is 1. The fraction of sp³-hybridized carbons (Fsp3) is 0.250. The minimum absolute atomic E-state index is 0.288. The van der Waals surface area contributed by atoms with Gasteiger partial charge in [-0.1, -0.05) is 39.7 Å². The van der Waals surface area contributed by atoms with Crippen molar-refractivity contribution in [2.75, 3.05) is 4.72 Å². The number of hydrogen-bond donors (Lipinski definition) is 1. The molecular weight excluding hydrogens is 350 g/mol. The zero-order valence-corrected chi connectivity index (χ0v) is 14.9. The van der Waals surface area contributed by atoms with Crippen molar-refractivity contribution in [3.05, 3.63) is 57.1 Å². The van der Waals surface area contributed by atoms with Crippen LogP contribution in [0.4, 0.5) is 5.69 Å². The van der Waals surface area contributed by atoms with Gasteiger partial charge in [0, 0.05) is 4.47 Å². The van der Waals surface area contributed by atoms with Gasteiger partial charge >= 0.3 is 0 Å². The first-order valence-electron chi connectivity index (χ1n) is 6.57. The van der Waals surface area contributed by atoms with Crippen LogP contribution in [0.15, 0.2) is 39.7 Å². The van der Waals surface area contributed by atoms with Crippen molar-refractivity contribution in [2.24, 2.45) is 0 Å². The standard InChI is InChI=1S/C16H18BrNO2S/c1-10-7-12(3)16(13(4)8-10)18-21(19,20)15-9-14(17)6-5-11(15)2/h5-9,18H,1-4H3. The molecule has 2 aromatic rings. The molecule has 0 saturated heterocycles. The highest BCUT2D eigenvalue weighted by atomic mass is 79.9. The van der Waals surface area contributed by atoms with Crippen molar-refractivity contribution in [1.29, 1.82) is 0 Å². The van der Waals surface area contributed by atoms with Crippen molar-refractivity contribution in [3.63, 3.8) is 0 Å². The van der Waals surface area contributed by atoms with E-state index in [0.29, 0.717) is 11.3 Å². The smallest absolute Gasteiger partial charge is 0.262 e. The Bertz CT molecular complexity index is 775. The SMILES string of the molecule is Cc1cc(C)c(NS(=O)(=O)c2cc(Br)ccc2C)c(C)c1. The van der Waals surface area contributed by atoms with E-state index in [4.69, 9.17) is 0 Å². The Morgan fingerprint density at radius 1 is 0.905 bits per heavy atom. The van der Waals surface area contributed by atoms with E-state index in [1.54, 1.807) is 19.1 Å². The van der Waals surface area contributed by atoms with Gasteiger partial charge in [0.2, 0.25) is 0 Å². The highest BCUT2D eigenvalue weighted by Crippen LogP contribution is 2.27. The number of anilines is 1. The lowest BCUT2D eigenvalue weighted by Gasteiger charge is -2.15. The maximum atomic E-state index is 12.6. The van der Waals surface area contributed by atoms with Gasteiger partial charge in [0.05, 0.1) is 10.6 Å². The Labute approximate surface area is 134 Å². The molecule has 0 unspecified atom stereocenters. The molecule has 0 spiro atoms. The van der Waals surface area contributed by atoms with E-state index in [9.17, 15) is 8.42 Å². The van der Waals surface area contributed by atoms with Crippen LogP contribution in [-0.2, 0) is 10.0 Å². The maximum absolute atomic E-state index is 12.6. The monoisotopic (exact) mass is 367 g/mol. The van der Waals surface area contributed by atoms with Crippen LogP contribution in [0.1, 0.15) is 22.3 Å². The Kier molecular flexibility index (Phi) is 4.44. The fourth-order valence-corrected chi connectivity index (χ4v) is 4.38. The van der Waals surface area contributed by atoms with Gasteiger partial charge in [-0.3, -0.25) is 4.72 Å². The summed E-state index contributed by atoms with van der Waals surface area (Å²) < 4.78 is 28.7. The quantitative estimate of drug-likeness (QED) is 0.868. The molecule has 3 nitrogen and oxygen atoms in total. The first kappa shape index (κ1) is 16.0. The second kappa shape index (κ2) is 5.81. The van der Waals surface area contributed by atoms with Crippen LogP contribution in [0.25, 0.3) is 0 Å². The van der Waals surface area contributed by atoms with Gasteiger partial charge in [0.15, 0.2) is 0 Å². The number of halogens is 1. The Balaban J connectivity index is 2.50. The summed E-state index contributed by atoms with van der Waals surface area (Å²) in [5.41, 5.74) is 4.33. The normalized spacial score (nSPS) is 11.5. The molecule has 0 bridgehead atoms. The van der Waals surface area contributed by atoms with E-state index in [2.05, 4.69) is 20.7 Å². The third-order valence-corrected chi connectivity index (χ3v) is 5.34. The van der Waals surface area contributed by atoms with Crippen LogP contribution < -0.4 is 4.72 Å².